The van der Waals surface area contributed by atoms with Gasteiger partial charge in [-0.2, -0.15) is 0 Å². The van der Waals surface area contributed by atoms with Gasteiger partial charge in [0.05, 0.1) is 0 Å². The fourth-order valence-electron chi connectivity index (χ4n) is 2.48. The van der Waals surface area contributed by atoms with Crippen LogP contribution in [0, 0.1) is 17.7 Å². The maximum atomic E-state index is 13.1. The molecule has 0 aliphatic carbocycles. The Bertz CT molecular complexity index is 724. The summed E-state index contributed by atoms with van der Waals surface area (Å²) in [6.45, 7) is 15.2. The number of hydrogen-bond donors (Lipinski definition) is 3. The molecule has 1 rings (SSSR count). The zero-order valence-corrected chi connectivity index (χ0v) is 20.5. The number of rotatable bonds is 8. The lowest BCUT2D eigenvalue weighted by atomic mass is 10.0. The van der Waals surface area contributed by atoms with Crippen LogP contribution in [0.4, 0.5) is 9.18 Å². The van der Waals surface area contributed by atoms with Crippen molar-refractivity contribution in [1.82, 2.24) is 10.6 Å². The molecule has 1 aromatic carbocycles. The molecule has 2 amide bonds. The van der Waals surface area contributed by atoms with E-state index in [9.17, 15) is 23.9 Å². The quantitative estimate of drug-likeness (QED) is 0.535. The molecular formula is C24H39FN2O5. The largest absolute Gasteiger partial charge is 0.480 e. The first-order chi connectivity index (χ1) is 14.6. The Kier molecular flexibility index (Phi) is 12.6. The van der Waals surface area contributed by atoms with Crippen LogP contribution in [0.25, 0.3) is 0 Å². The van der Waals surface area contributed by atoms with Gasteiger partial charge in [0.25, 0.3) is 0 Å². The van der Waals surface area contributed by atoms with Gasteiger partial charge in [-0.15, -0.1) is 0 Å². The lowest BCUT2D eigenvalue weighted by Gasteiger charge is -2.25. The minimum absolute atomic E-state index is 0.0516. The SMILES string of the molecule is CC(C)C.CC(C)CC(NC(=O)C(Cc1ccc(F)cc1)NC(=O)OC(C)(C)C)C(=O)O. The highest BCUT2D eigenvalue weighted by Gasteiger charge is 2.28. The molecule has 3 N–H and O–H groups in total. The number of alkyl carbamates (subject to hydrolysis) is 1. The molecule has 182 valence electrons. The molecule has 2 unspecified atom stereocenters. The molecular weight excluding hydrogens is 415 g/mol. The molecule has 0 radical (unpaired) electrons. The van der Waals surface area contributed by atoms with Crippen molar-refractivity contribution < 1.29 is 28.6 Å². The van der Waals surface area contributed by atoms with Crippen LogP contribution in [0.15, 0.2) is 24.3 Å². The van der Waals surface area contributed by atoms with Crippen LogP contribution < -0.4 is 10.6 Å². The summed E-state index contributed by atoms with van der Waals surface area (Å²) >= 11 is 0. The Labute approximate surface area is 191 Å². The van der Waals surface area contributed by atoms with Crippen molar-refractivity contribution in [3.8, 4) is 0 Å². The van der Waals surface area contributed by atoms with Crippen molar-refractivity contribution in [2.24, 2.45) is 11.8 Å². The van der Waals surface area contributed by atoms with E-state index in [0.717, 1.165) is 5.92 Å². The zero-order chi connectivity index (χ0) is 25.1. The van der Waals surface area contributed by atoms with Gasteiger partial charge in [0.15, 0.2) is 0 Å². The summed E-state index contributed by atoms with van der Waals surface area (Å²) in [5, 5.41) is 14.3. The Morgan fingerprint density at radius 2 is 1.47 bits per heavy atom. The Hall–Kier alpha value is -2.64. The number of ether oxygens (including phenoxy) is 1. The first-order valence-electron chi connectivity index (χ1n) is 10.9. The number of carboxylic acids is 1. The molecule has 8 heteroatoms. The van der Waals surface area contributed by atoms with Gasteiger partial charge in [0.1, 0.15) is 23.5 Å². The Morgan fingerprint density at radius 3 is 1.88 bits per heavy atom. The van der Waals surface area contributed by atoms with E-state index in [0.29, 0.717) is 5.56 Å². The van der Waals surface area contributed by atoms with Gasteiger partial charge in [-0.1, -0.05) is 46.8 Å². The summed E-state index contributed by atoms with van der Waals surface area (Å²) in [5.41, 5.74) is -0.157. The van der Waals surface area contributed by atoms with E-state index in [1.54, 1.807) is 20.8 Å². The smallest absolute Gasteiger partial charge is 0.408 e. The van der Waals surface area contributed by atoms with Gasteiger partial charge >= 0.3 is 12.1 Å². The summed E-state index contributed by atoms with van der Waals surface area (Å²) in [7, 11) is 0. The molecule has 0 fully saturated rings. The van der Waals surface area contributed by atoms with Crippen LogP contribution in [-0.2, 0) is 20.7 Å². The molecule has 0 aromatic heterocycles. The highest BCUT2D eigenvalue weighted by molar-refractivity contribution is 5.89. The average molecular weight is 455 g/mol. The van der Waals surface area contributed by atoms with Crippen molar-refractivity contribution >= 4 is 18.0 Å². The van der Waals surface area contributed by atoms with Crippen molar-refractivity contribution in [2.45, 2.75) is 85.9 Å². The van der Waals surface area contributed by atoms with E-state index < -0.39 is 41.5 Å². The summed E-state index contributed by atoms with van der Waals surface area (Å²) in [6.07, 6.45) is -0.499. The van der Waals surface area contributed by atoms with Crippen LogP contribution in [-0.4, -0.2) is 40.8 Å². The number of aliphatic carboxylic acids is 1. The van der Waals surface area contributed by atoms with Gasteiger partial charge in [0.2, 0.25) is 5.91 Å². The summed E-state index contributed by atoms with van der Waals surface area (Å²) in [5.74, 6) is -1.34. The molecule has 0 heterocycles. The predicted octanol–water partition coefficient (Wildman–Crippen LogP) is 4.54. The number of nitrogens with one attached hydrogen (secondary N) is 2. The van der Waals surface area contributed by atoms with Gasteiger partial charge in [0, 0.05) is 6.42 Å². The van der Waals surface area contributed by atoms with Crippen LogP contribution in [0.1, 0.15) is 67.4 Å². The number of amides is 2. The molecule has 0 spiro atoms. The zero-order valence-electron chi connectivity index (χ0n) is 20.5. The summed E-state index contributed by atoms with van der Waals surface area (Å²) in [6, 6.07) is 3.33. The third kappa shape index (κ3) is 14.4. The van der Waals surface area contributed by atoms with Crippen LogP contribution in [0.5, 0.6) is 0 Å². The first-order valence-corrected chi connectivity index (χ1v) is 10.9. The van der Waals surface area contributed by atoms with Gasteiger partial charge in [-0.05, 0) is 56.7 Å². The van der Waals surface area contributed by atoms with E-state index in [1.807, 2.05) is 13.8 Å². The topological polar surface area (TPSA) is 105 Å². The Morgan fingerprint density at radius 1 is 0.969 bits per heavy atom. The first kappa shape index (κ1) is 29.4. The molecule has 0 saturated carbocycles. The third-order valence-electron chi connectivity index (χ3n) is 3.68. The fraction of sp³-hybridized carbons (Fsp3) is 0.625. The lowest BCUT2D eigenvalue weighted by Crippen LogP contribution is -2.53. The summed E-state index contributed by atoms with van der Waals surface area (Å²) in [4.78, 5) is 36.2. The van der Waals surface area contributed by atoms with E-state index >= 15 is 0 Å². The van der Waals surface area contributed by atoms with Gasteiger partial charge in [-0.3, -0.25) is 4.79 Å². The predicted molar refractivity (Wildman–Crippen MR) is 123 cm³/mol. The number of carbonyl (C=O) groups excluding carboxylic acids is 2. The van der Waals surface area contributed by atoms with E-state index in [-0.39, 0.29) is 18.8 Å². The molecule has 0 aliphatic rings. The maximum absolute atomic E-state index is 13.1. The number of carboxylic acid groups (broad SMARTS) is 1. The van der Waals surface area contributed by atoms with E-state index in [1.165, 1.54) is 24.3 Å². The fourth-order valence-corrected chi connectivity index (χ4v) is 2.48. The standard InChI is InChI=1S/C20H29FN2O5.C4H10/c1-12(2)10-16(18(25)26)22-17(24)15(23-19(27)28-20(3,4)5)11-13-6-8-14(21)9-7-13;1-4(2)3/h6-9,12,15-16H,10-11H2,1-5H3,(H,22,24)(H,23,27)(H,25,26);4H,1-3H3. The lowest BCUT2D eigenvalue weighted by molar-refractivity contribution is -0.142. The number of carbonyl (C=O) groups is 3. The minimum atomic E-state index is -1.15. The van der Waals surface area contributed by atoms with Crippen molar-refractivity contribution in [3.05, 3.63) is 35.6 Å². The maximum Gasteiger partial charge on any atom is 0.408 e. The Balaban J connectivity index is 0.00000220. The third-order valence-corrected chi connectivity index (χ3v) is 3.68. The van der Waals surface area contributed by atoms with Crippen molar-refractivity contribution in [1.29, 1.82) is 0 Å². The van der Waals surface area contributed by atoms with Crippen molar-refractivity contribution in [2.75, 3.05) is 0 Å². The van der Waals surface area contributed by atoms with E-state index in [2.05, 4.69) is 31.4 Å². The number of benzene rings is 1. The minimum Gasteiger partial charge on any atom is -0.480 e. The molecule has 0 saturated heterocycles. The second-order valence-electron chi connectivity index (χ2n) is 9.79. The second-order valence-corrected chi connectivity index (χ2v) is 9.79. The van der Waals surface area contributed by atoms with Crippen LogP contribution >= 0.6 is 0 Å². The molecule has 32 heavy (non-hydrogen) atoms. The highest BCUT2D eigenvalue weighted by atomic mass is 19.1. The van der Waals surface area contributed by atoms with Crippen LogP contribution in [0.2, 0.25) is 0 Å². The van der Waals surface area contributed by atoms with Crippen LogP contribution in [0.3, 0.4) is 0 Å². The monoisotopic (exact) mass is 454 g/mol. The van der Waals surface area contributed by atoms with Crippen molar-refractivity contribution in [3.63, 3.8) is 0 Å². The molecule has 2 atom stereocenters. The highest BCUT2D eigenvalue weighted by Crippen LogP contribution is 2.11. The molecule has 1 aromatic rings. The second kappa shape index (κ2) is 13.7. The normalized spacial score (nSPS) is 13.0. The molecule has 0 aliphatic heterocycles. The van der Waals surface area contributed by atoms with E-state index in [4.69, 9.17) is 4.74 Å². The molecule has 0 bridgehead atoms. The van der Waals surface area contributed by atoms with Gasteiger partial charge < -0.3 is 20.5 Å². The number of hydrogen-bond acceptors (Lipinski definition) is 4. The summed E-state index contributed by atoms with van der Waals surface area (Å²) < 4.78 is 18.3. The molecule has 7 nitrogen and oxygen atoms in total. The number of halogens is 1. The average Bonchev–Trinajstić information content (AvgIpc) is 2.59. The van der Waals surface area contributed by atoms with Gasteiger partial charge in [-0.25, -0.2) is 14.0 Å².